The third-order valence-electron chi connectivity index (χ3n) is 2.57. The van der Waals surface area contributed by atoms with Crippen LogP contribution in [-0.2, 0) is 6.42 Å². The van der Waals surface area contributed by atoms with Crippen LogP contribution in [0.25, 0.3) is 0 Å². The first-order chi connectivity index (χ1) is 8.19. The van der Waals surface area contributed by atoms with E-state index in [0.717, 1.165) is 34.9 Å². The molecule has 0 heterocycles. The van der Waals surface area contributed by atoms with Crippen molar-refractivity contribution in [1.82, 2.24) is 0 Å². The molecule has 3 heteroatoms. The summed E-state index contributed by atoms with van der Waals surface area (Å²) >= 11 is 0. The molecule has 0 amide bonds. The minimum Gasteiger partial charge on any atom is -0.457 e. The van der Waals surface area contributed by atoms with Crippen LogP contribution in [0.3, 0.4) is 0 Å². The van der Waals surface area contributed by atoms with Gasteiger partial charge in [0.25, 0.3) is 0 Å². The lowest BCUT2D eigenvalue weighted by Gasteiger charge is -2.10. The van der Waals surface area contributed by atoms with Gasteiger partial charge in [0.15, 0.2) is 0 Å². The molecule has 4 N–H and O–H groups in total. The molecule has 0 unspecified atom stereocenters. The maximum Gasteiger partial charge on any atom is 0.130 e. The zero-order chi connectivity index (χ0) is 12.3. The van der Waals surface area contributed by atoms with Crippen molar-refractivity contribution in [1.29, 1.82) is 0 Å². The Balaban J connectivity index is 2.26. The average molecular weight is 228 g/mol. The second kappa shape index (κ2) is 4.78. The molecule has 0 spiro atoms. The van der Waals surface area contributed by atoms with Crippen LogP contribution in [0.1, 0.15) is 12.5 Å². The predicted molar refractivity (Wildman–Crippen MR) is 71.2 cm³/mol. The number of aryl methyl sites for hydroxylation is 1. The maximum absolute atomic E-state index is 5.80. The molecule has 0 atom stereocenters. The molecule has 3 nitrogen and oxygen atoms in total. The predicted octanol–water partition coefficient (Wildman–Crippen LogP) is 3.21. The Morgan fingerprint density at radius 3 is 2.24 bits per heavy atom. The van der Waals surface area contributed by atoms with Gasteiger partial charge in [-0.2, -0.15) is 0 Å². The number of ether oxygens (including phenoxy) is 1. The molecule has 2 aromatic carbocycles. The molecule has 0 radical (unpaired) electrons. The summed E-state index contributed by atoms with van der Waals surface area (Å²) in [6.07, 6.45) is 0.884. The largest absolute Gasteiger partial charge is 0.457 e. The summed E-state index contributed by atoms with van der Waals surface area (Å²) in [5, 5.41) is 0. The topological polar surface area (TPSA) is 61.3 Å². The monoisotopic (exact) mass is 228 g/mol. The average Bonchev–Trinajstić information content (AvgIpc) is 2.34. The van der Waals surface area contributed by atoms with Gasteiger partial charge in [-0.25, -0.2) is 0 Å². The van der Waals surface area contributed by atoms with Crippen molar-refractivity contribution < 1.29 is 4.74 Å². The van der Waals surface area contributed by atoms with Crippen molar-refractivity contribution in [3.63, 3.8) is 0 Å². The minimum absolute atomic E-state index is 0.727. The van der Waals surface area contributed by atoms with Crippen LogP contribution in [0, 0.1) is 0 Å². The van der Waals surface area contributed by atoms with E-state index in [1.807, 2.05) is 42.5 Å². The number of hydrogen-bond acceptors (Lipinski definition) is 3. The molecule has 0 aliphatic carbocycles. The number of rotatable bonds is 3. The molecule has 2 aromatic rings. The number of benzene rings is 2. The van der Waals surface area contributed by atoms with Crippen molar-refractivity contribution in [2.24, 2.45) is 0 Å². The zero-order valence-electron chi connectivity index (χ0n) is 9.81. The Morgan fingerprint density at radius 1 is 0.941 bits per heavy atom. The van der Waals surface area contributed by atoms with Crippen molar-refractivity contribution in [2.45, 2.75) is 13.3 Å². The van der Waals surface area contributed by atoms with Gasteiger partial charge in [0.2, 0.25) is 0 Å². The summed E-state index contributed by atoms with van der Waals surface area (Å²) in [5.41, 5.74) is 14.0. The van der Waals surface area contributed by atoms with Crippen molar-refractivity contribution in [3.8, 4) is 11.5 Å². The highest BCUT2D eigenvalue weighted by Gasteiger charge is 2.03. The van der Waals surface area contributed by atoms with Gasteiger partial charge >= 0.3 is 0 Å². The third kappa shape index (κ3) is 2.69. The van der Waals surface area contributed by atoms with E-state index in [0.29, 0.717) is 0 Å². The quantitative estimate of drug-likeness (QED) is 0.793. The van der Waals surface area contributed by atoms with Gasteiger partial charge in [0, 0.05) is 11.4 Å². The molecule has 0 saturated heterocycles. The number of anilines is 2. The molecule has 0 aliphatic rings. The lowest BCUT2D eigenvalue weighted by Crippen LogP contribution is -1.93. The molecule has 17 heavy (non-hydrogen) atoms. The van der Waals surface area contributed by atoms with Crippen LogP contribution in [0.2, 0.25) is 0 Å². The fourth-order valence-corrected chi connectivity index (χ4v) is 1.64. The summed E-state index contributed by atoms with van der Waals surface area (Å²) in [5.74, 6) is 1.62. The Bertz CT molecular complexity index is 506. The van der Waals surface area contributed by atoms with Crippen molar-refractivity contribution in [3.05, 3.63) is 48.0 Å². The fraction of sp³-hybridized carbons (Fsp3) is 0.143. The van der Waals surface area contributed by atoms with E-state index in [1.165, 1.54) is 0 Å². The van der Waals surface area contributed by atoms with Crippen LogP contribution in [-0.4, -0.2) is 0 Å². The van der Waals surface area contributed by atoms with E-state index < -0.39 is 0 Å². The molecule has 0 saturated carbocycles. The molecular formula is C14H16N2O. The second-order valence-corrected chi connectivity index (χ2v) is 3.89. The maximum atomic E-state index is 5.80. The van der Waals surface area contributed by atoms with E-state index in [9.17, 15) is 0 Å². The smallest absolute Gasteiger partial charge is 0.130 e. The van der Waals surface area contributed by atoms with Gasteiger partial charge in [-0.3, -0.25) is 0 Å². The molecule has 0 aliphatic heterocycles. The first-order valence-electron chi connectivity index (χ1n) is 5.61. The number of hydrogen-bond donors (Lipinski definition) is 2. The highest BCUT2D eigenvalue weighted by Crippen LogP contribution is 2.27. The Hall–Kier alpha value is -2.16. The van der Waals surface area contributed by atoms with Crippen LogP contribution in [0.5, 0.6) is 11.5 Å². The van der Waals surface area contributed by atoms with Crippen LogP contribution >= 0.6 is 0 Å². The van der Waals surface area contributed by atoms with E-state index in [2.05, 4.69) is 6.92 Å². The van der Waals surface area contributed by atoms with E-state index in [4.69, 9.17) is 16.2 Å². The van der Waals surface area contributed by atoms with Gasteiger partial charge in [-0.1, -0.05) is 6.92 Å². The Kier molecular flexibility index (Phi) is 3.19. The summed E-state index contributed by atoms with van der Waals surface area (Å²) in [6.45, 7) is 2.07. The normalized spacial score (nSPS) is 10.2. The van der Waals surface area contributed by atoms with Gasteiger partial charge in [0.05, 0.1) is 0 Å². The van der Waals surface area contributed by atoms with Gasteiger partial charge in [0.1, 0.15) is 11.5 Å². The number of nitrogen functional groups attached to an aromatic ring is 2. The molecule has 0 aromatic heterocycles. The first-order valence-corrected chi connectivity index (χ1v) is 5.61. The van der Waals surface area contributed by atoms with E-state index >= 15 is 0 Å². The van der Waals surface area contributed by atoms with Gasteiger partial charge in [-0.15, -0.1) is 0 Å². The molecule has 0 bridgehead atoms. The molecule has 2 rings (SSSR count). The first kappa shape index (κ1) is 11.3. The Labute approximate surface area is 101 Å². The minimum atomic E-state index is 0.727. The fourth-order valence-electron chi connectivity index (χ4n) is 1.64. The third-order valence-corrected chi connectivity index (χ3v) is 2.57. The van der Waals surface area contributed by atoms with E-state index in [1.54, 1.807) is 0 Å². The number of nitrogens with two attached hydrogens (primary N) is 2. The molecule has 0 fully saturated rings. The Morgan fingerprint density at radius 2 is 1.59 bits per heavy atom. The summed E-state index contributed by atoms with van der Waals surface area (Å²) in [7, 11) is 0. The van der Waals surface area contributed by atoms with Crippen LogP contribution in [0.15, 0.2) is 42.5 Å². The summed E-state index contributed by atoms with van der Waals surface area (Å²) in [4.78, 5) is 0. The second-order valence-electron chi connectivity index (χ2n) is 3.89. The van der Waals surface area contributed by atoms with Crippen LogP contribution < -0.4 is 16.2 Å². The lowest BCUT2D eigenvalue weighted by atomic mass is 10.1. The van der Waals surface area contributed by atoms with Gasteiger partial charge < -0.3 is 16.2 Å². The van der Waals surface area contributed by atoms with Crippen molar-refractivity contribution >= 4 is 11.4 Å². The SMILES string of the molecule is CCc1cc(N)ccc1Oc1ccc(N)cc1. The van der Waals surface area contributed by atoms with Gasteiger partial charge in [-0.05, 0) is 54.4 Å². The van der Waals surface area contributed by atoms with E-state index in [-0.39, 0.29) is 0 Å². The lowest BCUT2D eigenvalue weighted by molar-refractivity contribution is 0.477. The molecular weight excluding hydrogens is 212 g/mol. The molecule has 88 valence electrons. The summed E-state index contributed by atoms with van der Waals surface area (Å²) < 4.78 is 5.80. The highest BCUT2D eigenvalue weighted by atomic mass is 16.5. The zero-order valence-corrected chi connectivity index (χ0v) is 9.81. The van der Waals surface area contributed by atoms with Crippen LogP contribution in [0.4, 0.5) is 11.4 Å². The van der Waals surface area contributed by atoms with Crippen molar-refractivity contribution in [2.75, 3.05) is 11.5 Å². The standard InChI is InChI=1S/C14H16N2O/c1-2-10-9-12(16)5-8-14(10)17-13-6-3-11(15)4-7-13/h3-9H,2,15-16H2,1H3. The summed E-state index contributed by atoms with van der Waals surface area (Å²) in [6, 6.07) is 13.0. The highest BCUT2D eigenvalue weighted by molar-refractivity contribution is 5.50.